The molecule has 1 amide bonds. The molecule has 0 aromatic heterocycles. The summed E-state index contributed by atoms with van der Waals surface area (Å²) in [5.74, 6) is -0.768. The largest absolute Gasteiger partial charge is 0.504 e. The van der Waals surface area contributed by atoms with Crippen LogP contribution < -0.4 is 0 Å². The summed E-state index contributed by atoms with van der Waals surface area (Å²) in [7, 11) is 0. The number of phenols is 3. The number of likely N-dealkylation sites (tertiary alicyclic amines) is 1. The van der Waals surface area contributed by atoms with E-state index in [0.29, 0.717) is 24.9 Å². The number of carbonyl (C=O) groups is 1. The number of aromatic hydroxyl groups is 3. The molecule has 5 heteroatoms. The highest BCUT2D eigenvalue weighted by Crippen LogP contribution is 2.37. The number of fused-ring (bicyclic) bond motifs is 1. The molecule has 1 aromatic rings. The number of benzene rings is 1. The Hall–Kier alpha value is -2.17. The van der Waals surface area contributed by atoms with E-state index in [1.165, 1.54) is 12.1 Å². The summed E-state index contributed by atoms with van der Waals surface area (Å²) in [5.41, 5.74) is 0.199. The Labute approximate surface area is 116 Å². The fourth-order valence-electron chi connectivity index (χ4n) is 3.09. The van der Waals surface area contributed by atoms with Crippen molar-refractivity contribution in [3.63, 3.8) is 0 Å². The van der Waals surface area contributed by atoms with Gasteiger partial charge in [0.2, 0.25) is 0 Å². The van der Waals surface area contributed by atoms with Gasteiger partial charge in [0.15, 0.2) is 17.2 Å². The smallest absolute Gasteiger partial charge is 0.254 e. The Morgan fingerprint density at radius 2 is 1.50 bits per heavy atom. The lowest BCUT2D eigenvalue weighted by molar-refractivity contribution is 0.0783. The van der Waals surface area contributed by atoms with Gasteiger partial charge in [-0.05, 0) is 36.8 Å². The van der Waals surface area contributed by atoms with Crippen molar-refractivity contribution < 1.29 is 20.1 Å². The molecule has 1 aromatic carbocycles. The molecule has 1 aliphatic carbocycles. The van der Waals surface area contributed by atoms with Gasteiger partial charge in [0, 0.05) is 18.7 Å². The number of rotatable bonds is 1. The summed E-state index contributed by atoms with van der Waals surface area (Å²) in [6, 6.07) is 2.38. The highest BCUT2D eigenvalue weighted by atomic mass is 16.3. The topological polar surface area (TPSA) is 81.0 Å². The summed E-state index contributed by atoms with van der Waals surface area (Å²) < 4.78 is 0. The molecule has 1 aliphatic heterocycles. The zero-order valence-corrected chi connectivity index (χ0v) is 11.0. The van der Waals surface area contributed by atoms with Crippen LogP contribution >= 0.6 is 0 Å². The van der Waals surface area contributed by atoms with Crippen molar-refractivity contribution in [2.45, 2.75) is 12.8 Å². The molecule has 3 rings (SSSR count). The van der Waals surface area contributed by atoms with Crippen molar-refractivity contribution in [1.29, 1.82) is 0 Å². The number of allylic oxidation sites excluding steroid dienone is 2. The molecule has 2 atom stereocenters. The molecule has 2 aliphatic rings. The van der Waals surface area contributed by atoms with Crippen LogP contribution in [0.2, 0.25) is 0 Å². The fraction of sp³-hybridized carbons (Fsp3) is 0.400. The Morgan fingerprint density at radius 1 is 1.00 bits per heavy atom. The van der Waals surface area contributed by atoms with Gasteiger partial charge in [-0.1, -0.05) is 12.2 Å². The first-order chi connectivity index (χ1) is 9.56. The maximum Gasteiger partial charge on any atom is 0.254 e. The maximum atomic E-state index is 12.4. The maximum absolute atomic E-state index is 12.4. The fourth-order valence-corrected chi connectivity index (χ4v) is 3.09. The first kappa shape index (κ1) is 12.8. The molecule has 0 spiro atoms. The van der Waals surface area contributed by atoms with Crippen molar-refractivity contribution >= 4 is 5.91 Å². The van der Waals surface area contributed by atoms with Gasteiger partial charge in [-0.25, -0.2) is 0 Å². The van der Waals surface area contributed by atoms with E-state index in [9.17, 15) is 20.1 Å². The van der Waals surface area contributed by atoms with Crippen LogP contribution in [0.1, 0.15) is 23.2 Å². The molecular weight excluding hydrogens is 258 g/mol. The van der Waals surface area contributed by atoms with Gasteiger partial charge >= 0.3 is 0 Å². The molecule has 1 fully saturated rings. The Morgan fingerprint density at radius 3 is 2.00 bits per heavy atom. The number of hydrogen-bond donors (Lipinski definition) is 3. The molecule has 0 saturated carbocycles. The van der Waals surface area contributed by atoms with Crippen LogP contribution in [-0.4, -0.2) is 39.2 Å². The average Bonchev–Trinajstić information content (AvgIpc) is 2.87. The minimum Gasteiger partial charge on any atom is -0.504 e. The second-order valence-corrected chi connectivity index (χ2v) is 5.54. The second kappa shape index (κ2) is 4.74. The third kappa shape index (κ3) is 2.09. The van der Waals surface area contributed by atoms with Crippen molar-refractivity contribution in [3.05, 3.63) is 29.8 Å². The summed E-state index contributed by atoms with van der Waals surface area (Å²) in [5, 5.41) is 28.3. The third-order valence-electron chi connectivity index (χ3n) is 4.22. The zero-order chi connectivity index (χ0) is 14.3. The van der Waals surface area contributed by atoms with Crippen molar-refractivity contribution in [2.24, 2.45) is 11.8 Å². The van der Waals surface area contributed by atoms with Crippen molar-refractivity contribution in [1.82, 2.24) is 4.90 Å². The van der Waals surface area contributed by atoms with Gasteiger partial charge in [0.05, 0.1) is 0 Å². The predicted molar refractivity (Wildman–Crippen MR) is 72.7 cm³/mol. The molecule has 106 valence electrons. The Balaban J connectivity index is 1.80. The predicted octanol–water partition coefficient (Wildman–Crippen LogP) is 1.84. The third-order valence-corrected chi connectivity index (χ3v) is 4.22. The molecule has 3 N–H and O–H groups in total. The average molecular weight is 275 g/mol. The van der Waals surface area contributed by atoms with Crippen LogP contribution in [0, 0.1) is 11.8 Å². The minimum atomic E-state index is -0.596. The Bertz CT molecular complexity index is 542. The van der Waals surface area contributed by atoms with E-state index in [4.69, 9.17) is 0 Å². The van der Waals surface area contributed by atoms with Gasteiger partial charge in [-0.15, -0.1) is 0 Å². The molecule has 1 heterocycles. The van der Waals surface area contributed by atoms with Crippen LogP contribution in [-0.2, 0) is 0 Å². The molecule has 2 unspecified atom stereocenters. The van der Waals surface area contributed by atoms with E-state index in [1.54, 1.807) is 4.90 Å². The molecular formula is C15H17NO4. The van der Waals surface area contributed by atoms with E-state index in [0.717, 1.165) is 12.8 Å². The monoisotopic (exact) mass is 275 g/mol. The molecule has 0 radical (unpaired) electrons. The molecule has 20 heavy (non-hydrogen) atoms. The quantitative estimate of drug-likeness (QED) is 0.539. The lowest BCUT2D eigenvalue weighted by Gasteiger charge is -2.17. The van der Waals surface area contributed by atoms with E-state index in [2.05, 4.69) is 12.2 Å². The molecule has 5 nitrogen and oxygen atoms in total. The van der Waals surface area contributed by atoms with Crippen LogP contribution in [0.4, 0.5) is 0 Å². The van der Waals surface area contributed by atoms with E-state index < -0.39 is 17.2 Å². The number of nitrogens with zero attached hydrogens (tertiary/aromatic N) is 1. The van der Waals surface area contributed by atoms with Crippen molar-refractivity contribution in [3.8, 4) is 17.2 Å². The van der Waals surface area contributed by atoms with Crippen LogP contribution in [0.25, 0.3) is 0 Å². The van der Waals surface area contributed by atoms with Crippen molar-refractivity contribution in [2.75, 3.05) is 13.1 Å². The molecule has 0 bridgehead atoms. The van der Waals surface area contributed by atoms with Crippen LogP contribution in [0.5, 0.6) is 17.2 Å². The Kier molecular flexibility index (Phi) is 3.04. The zero-order valence-electron chi connectivity index (χ0n) is 11.0. The second-order valence-electron chi connectivity index (χ2n) is 5.54. The first-order valence-electron chi connectivity index (χ1n) is 6.75. The number of phenolic OH excluding ortho intramolecular Hbond substituents is 3. The van der Waals surface area contributed by atoms with Gasteiger partial charge in [-0.3, -0.25) is 4.79 Å². The summed E-state index contributed by atoms with van der Waals surface area (Å²) in [6.45, 7) is 1.41. The van der Waals surface area contributed by atoms with Crippen LogP contribution in [0.15, 0.2) is 24.3 Å². The first-order valence-corrected chi connectivity index (χ1v) is 6.75. The summed E-state index contributed by atoms with van der Waals surface area (Å²) in [6.07, 6.45) is 6.32. The molecule has 1 saturated heterocycles. The number of carbonyl (C=O) groups excluding carboxylic acids is 1. The summed E-state index contributed by atoms with van der Waals surface area (Å²) >= 11 is 0. The van der Waals surface area contributed by atoms with Gasteiger partial charge in [0.25, 0.3) is 5.91 Å². The van der Waals surface area contributed by atoms with Gasteiger partial charge < -0.3 is 20.2 Å². The van der Waals surface area contributed by atoms with Crippen LogP contribution in [0.3, 0.4) is 0 Å². The van der Waals surface area contributed by atoms with Gasteiger partial charge in [0.1, 0.15) is 0 Å². The normalized spacial score (nSPS) is 24.7. The van der Waals surface area contributed by atoms with E-state index in [1.807, 2.05) is 0 Å². The minimum absolute atomic E-state index is 0.199. The highest BCUT2D eigenvalue weighted by Gasteiger charge is 2.35. The van der Waals surface area contributed by atoms with E-state index in [-0.39, 0.29) is 11.5 Å². The standard InChI is InChI=1S/C15H17NO4/c17-12-5-11(6-13(18)14(12)19)15(20)16-7-9-3-1-2-4-10(9)8-16/h1-2,5-6,9-10,17-19H,3-4,7-8H2. The van der Waals surface area contributed by atoms with Gasteiger partial charge in [-0.2, -0.15) is 0 Å². The lowest BCUT2D eigenvalue weighted by Crippen LogP contribution is -2.28. The lowest BCUT2D eigenvalue weighted by atomic mass is 9.86. The van der Waals surface area contributed by atoms with E-state index >= 15 is 0 Å². The summed E-state index contributed by atoms with van der Waals surface area (Å²) in [4.78, 5) is 14.2. The number of hydrogen-bond acceptors (Lipinski definition) is 4. The number of amides is 1. The SMILES string of the molecule is O=C(c1cc(O)c(O)c(O)c1)N1CC2CC=CCC2C1. The highest BCUT2D eigenvalue weighted by molar-refractivity contribution is 5.95.